The van der Waals surface area contributed by atoms with Gasteiger partial charge in [-0.1, -0.05) is 0 Å². The molecule has 0 spiro atoms. The first-order valence-corrected chi connectivity index (χ1v) is 8.27. The summed E-state index contributed by atoms with van der Waals surface area (Å²) in [4.78, 5) is 27.3. The van der Waals surface area contributed by atoms with Crippen molar-refractivity contribution in [3.05, 3.63) is 24.0 Å². The van der Waals surface area contributed by atoms with E-state index in [0.717, 1.165) is 26.1 Å². The van der Waals surface area contributed by atoms with Crippen molar-refractivity contribution in [3.8, 4) is 0 Å². The molecule has 0 aliphatic carbocycles. The highest BCUT2D eigenvalue weighted by Gasteiger charge is 2.13. The minimum absolute atomic E-state index is 0.0528. The smallest absolute Gasteiger partial charge is 0.321 e. The Hall–Kier alpha value is -2.15. The van der Waals surface area contributed by atoms with Crippen molar-refractivity contribution >= 4 is 23.3 Å². The molecule has 0 radical (unpaired) electrons. The standard InChI is InChI=1S/C17H25FN4O2/c1-13(23)19-16-12-14(6-7-15(16)18)20-17(24)21(2)8-5-11-22-9-3-4-10-22/h6-7,12H,3-5,8-11H2,1-2H3,(H,19,23)(H,20,24). The minimum atomic E-state index is -0.540. The van der Waals surface area contributed by atoms with Crippen LogP contribution in [-0.4, -0.2) is 55.0 Å². The van der Waals surface area contributed by atoms with Gasteiger partial charge in [-0.05, 0) is 57.1 Å². The summed E-state index contributed by atoms with van der Waals surface area (Å²) in [7, 11) is 1.73. The molecule has 0 atom stereocenters. The number of amides is 3. The van der Waals surface area contributed by atoms with Crippen LogP contribution in [-0.2, 0) is 4.79 Å². The van der Waals surface area contributed by atoms with Crippen molar-refractivity contribution in [2.75, 3.05) is 43.9 Å². The Morgan fingerprint density at radius 1 is 1.25 bits per heavy atom. The van der Waals surface area contributed by atoms with Gasteiger partial charge >= 0.3 is 6.03 Å². The maximum absolute atomic E-state index is 13.6. The Morgan fingerprint density at radius 3 is 2.62 bits per heavy atom. The summed E-state index contributed by atoms with van der Waals surface area (Å²) in [6.07, 6.45) is 3.44. The number of rotatable bonds is 6. The van der Waals surface area contributed by atoms with Crippen LogP contribution in [0.2, 0.25) is 0 Å². The molecule has 3 amide bonds. The van der Waals surface area contributed by atoms with Gasteiger partial charge in [0.05, 0.1) is 5.69 Å². The normalized spacial score (nSPS) is 14.5. The topological polar surface area (TPSA) is 64.7 Å². The van der Waals surface area contributed by atoms with Crippen molar-refractivity contribution < 1.29 is 14.0 Å². The molecule has 1 fully saturated rings. The molecular formula is C17H25FN4O2. The summed E-state index contributed by atoms with van der Waals surface area (Å²) < 4.78 is 13.6. The van der Waals surface area contributed by atoms with E-state index >= 15 is 0 Å². The van der Waals surface area contributed by atoms with Gasteiger partial charge in [-0.15, -0.1) is 0 Å². The van der Waals surface area contributed by atoms with Crippen LogP contribution in [0.1, 0.15) is 26.2 Å². The molecular weight excluding hydrogens is 311 g/mol. The zero-order valence-electron chi connectivity index (χ0n) is 14.3. The summed E-state index contributed by atoms with van der Waals surface area (Å²) in [6, 6.07) is 3.84. The molecule has 1 aromatic rings. The van der Waals surface area contributed by atoms with Crippen LogP contribution in [0.25, 0.3) is 0 Å². The van der Waals surface area contributed by atoms with Crippen molar-refractivity contribution in [2.24, 2.45) is 0 Å². The molecule has 1 aliphatic rings. The number of carbonyl (C=O) groups is 2. The number of halogens is 1. The van der Waals surface area contributed by atoms with Crippen LogP contribution >= 0.6 is 0 Å². The molecule has 1 heterocycles. The first kappa shape index (κ1) is 18.2. The Morgan fingerprint density at radius 2 is 1.96 bits per heavy atom. The Labute approximate surface area is 142 Å². The summed E-state index contributed by atoms with van der Waals surface area (Å²) in [6.45, 7) is 5.26. The van der Waals surface area contributed by atoms with Crippen molar-refractivity contribution in [3.63, 3.8) is 0 Å². The predicted molar refractivity (Wildman–Crippen MR) is 92.6 cm³/mol. The third kappa shape index (κ3) is 5.49. The number of carbonyl (C=O) groups excluding carboxylic acids is 2. The van der Waals surface area contributed by atoms with Gasteiger partial charge in [0, 0.05) is 26.2 Å². The number of nitrogens with one attached hydrogen (secondary N) is 2. The van der Waals surface area contributed by atoms with Gasteiger partial charge < -0.3 is 20.4 Å². The molecule has 0 aromatic heterocycles. The molecule has 0 unspecified atom stereocenters. The molecule has 0 saturated carbocycles. The van der Waals surface area contributed by atoms with E-state index in [0.29, 0.717) is 12.2 Å². The highest BCUT2D eigenvalue weighted by Crippen LogP contribution is 2.20. The van der Waals surface area contributed by atoms with Crippen LogP contribution in [0.15, 0.2) is 18.2 Å². The van der Waals surface area contributed by atoms with E-state index in [9.17, 15) is 14.0 Å². The van der Waals surface area contributed by atoms with Crippen LogP contribution in [0.4, 0.5) is 20.6 Å². The van der Waals surface area contributed by atoms with Crippen LogP contribution in [0, 0.1) is 5.82 Å². The Balaban J connectivity index is 1.82. The Bertz CT molecular complexity index is 588. The summed E-state index contributed by atoms with van der Waals surface area (Å²) in [5, 5.41) is 5.11. The van der Waals surface area contributed by atoms with Crippen LogP contribution < -0.4 is 10.6 Å². The molecule has 7 heteroatoms. The van der Waals surface area contributed by atoms with Gasteiger partial charge in [0.2, 0.25) is 5.91 Å². The van der Waals surface area contributed by atoms with Crippen molar-refractivity contribution in [2.45, 2.75) is 26.2 Å². The van der Waals surface area contributed by atoms with E-state index in [1.165, 1.54) is 38.0 Å². The average Bonchev–Trinajstić information content (AvgIpc) is 3.03. The van der Waals surface area contributed by atoms with E-state index in [2.05, 4.69) is 15.5 Å². The maximum Gasteiger partial charge on any atom is 0.321 e. The van der Waals surface area contributed by atoms with E-state index in [1.807, 2.05) is 0 Å². The fourth-order valence-corrected chi connectivity index (χ4v) is 2.75. The van der Waals surface area contributed by atoms with Crippen LogP contribution in [0.5, 0.6) is 0 Å². The number of urea groups is 1. The summed E-state index contributed by atoms with van der Waals surface area (Å²) in [5.74, 6) is -0.904. The SMILES string of the molecule is CC(=O)Nc1cc(NC(=O)N(C)CCCN2CCCC2)ccc1F. The number of nitrogens with zero attached hydrogens (tertiary/aromatic N) is 2. The lowest BCUT2D eigenvalue weighted by molar-refractivity contribution is -0.114. The zero-order valence-corrected chi connectivity index (χ0v) is 14.3. The molecule has 2 N–H and O–H groups in total. The van der Waals surface area contributed by atoms with Crippen LogP contribution in [0.3, 0.4) is 0 Å². The highest BCUT2D eigenvalue weighted by atomic mass is 19.1. The minimum Gasteiger partial charge on any atom is -0.328 e. The van der Waals surface area contributed by atoms with E-state index in [1.54, 1.807) is 11.9 Å². The number of hydrogen-bond acceptors (Lipinski definition) is 3. The van der Waals surface area contributed by atoms with E-state index in [4.69, 9.17) is 0 Å². The fourth-order valence-electron chi connectivity index (χ4n) is 2.75. The molecule has 6 nitrogen and oxygen atoms in total. The molecule has 1 aliphatic heterocycles. The highest BCUT2D eigenvalue weighted by molar-refractivity contribution is 5.92. The molecule has 132 valence electrons. The van der Waals surface area contributed by atoms with Gasteiger partial charge in [-0.25, -0.2) is 9.18 Å². The lowest BCUT2D eigenvalue weighted by Gasteiger charge is -2.20. The van der Waals surface area contributed by atoms with Gasteiger partial charge in [0.25, 0.3) is 0 Å². The first-order chi connectivity index (χ1) is 11.5. The third-order valence-electron chi connectivity index (χ3n) is 4.04. The summed E-state index contributed by atoms with van der Waals surface area (Å²) in [5.41, 5.74) is 0.494. The number of likely N-dealkylation sites (tertiary alicyclic amines) is 1. The predicted octanol–water partition coefficient (Wildman–Crippen LogP) is 2.73. The van der Waals surface area contributed by atoms with E-state index in [-0.39, 0.29) is 17.6 Å². The second-order valence-electron chi connectivity index (χ2n) is 6.13. The molecule has 2 rings (SSSR count). The second-order valence-corrected chi connectivity index (χ2v) is 6.13. The summed E-state index contributed by atoms with van der Waals surface area (Å²) >= 11 is 0. The molecule has 0 bridgehead atoms. The first-order valence-electron chi connectivity index (χ1n) is 8.27. The van der Waals surface area contributed by atoms with Gasteiger partial charge in [-0.2, -0.15) is 0 Å². The second kappa shape index (κ2) is 8.63. The molecule has 1 aromatic carbocycles. The average molecular weight is 336 g/mol. The lowest BCUT2D eigenvalue weighted by atomic mass is 10.2. The number of benzene rings is 1. The number of anilines is 2. The van der Waals surface area contributed by atoms with Crippen molar-refractivity contribution in [1.82, 2.24) is 9.80 Å². The molecule has 1 saturated heterocycles. The number of hydrogen-bond donors (Lipinski definition) is 2. The lowest BCUT2D eigenvalue weighted by Crippen LogP contribution is -2.34. The third-order valence-corrected chi connectivity index (χ3v) is 4.04. The zero-order chi connectivity index (χ0) is 17.5. The quantitative estimate of drug-likeness (QED) is 0.839. The van der Waals surface area contributed by atoms with Crippen molar-refractivity contribution in [1.29, 1.82) is 0 Å². The largest absolute Gasteiger partial charge is 0.328 e. The monoisotopic (exact) mass is 336 g/mol. The fraction of sp³-hybridized carbons (Fsp3) is 0.529. The van der Waals surface area contributed by atoms with Gasteiger partial charge in [0.1, 0.15) is 5.82 Å². The molecule has 24 heavy (non-hydrogen) atoms. The van der Waals surface area contributed by atoms with Gasteiger partial charge in [-0.3, -0.25) is 4.79 Å². The Kier molecular flexibility index (Phi) is 6.54. The van der Waals surface area contributed by atoms with Gasteiger partial charge in [0.15, 0.2) is 0 Å². The van der Waals surface area contributed by atoms with E-state index < -0.39 is 5.82 Å². The maximum atomic E-state index is 13.6.